The summed E-state index contributed by atoms with van der Waals surface area (Å²) in [5.41, 5.74) is 1.75. The number of nitrogens with one attached hydrogen (secondary N) is 1. The first-order valence-electron chi connectivity index (χ1n) is 11.3. The summed E-state index contributed by atoms with van der Waals surface area (Å²) in [7, 11) is 3.17. The highest BCUT2D eigenvalue weighted by molar-refractivity contribution is 5.95. The van der Waals surface area contributed by atoms with E-state index in [1.165, 1.54) is 10.9 Å². The summed E-state index contributed by atoms with van der Waals surface area (Å²) in [5, 5.41) is 17.3. The summed E-state index contributed by atoms with van der Waals surface area (Å²) in [6, 6.07) is 9.33. The monoisotopic (exact) mass is 467 g/mol. The molecule has 1 aromatic carbocycles. The van der Waals surface area contributed by atoms with Crippen molar-refractivity contribution in [2.45, 2.75) is 58.3 Å². The van der Waals surface area contributed by atoms with Crippen LogP contribution >= 0.6 is 0 Å². The second-order valence-electron chi connectivity index (χ2n) is 8.87. The number of rotatable bonds is 11. The smallest absolute Gasteiger partial charge is 0.255 e. The number of para-hydroxylation sites is 1. The summed E-state index contributed by atoms with van der Waals surface area (Å²) in [6.07, 6.45) is 5.38. The van der Waals surface area contributed by atoms with Crippen LogP contribution in [0.5, 0.6) is 5.75 Å². The lowest BCUT2D eigenvalue weighted by Crippen LogP contribution is -2.33. The number of carbonyl (C=O) groups excluding carboxylic acids is 1. The minimum absolute atomic E-state index is 0.0567. The highest BCUT2D eigenvalue weighted by Gasteiger charge is 2.22. The van der Waals surface area contributed by atoms with Crippen LogP contribution in [0.4, 0.5) is 0 Å². The maximum absolute atomic E-state index is 13.0. The summed E-state index contributed by atoms with van der Waals surface area (Å²) >= 11 is 0. The van der Waals surface area contributed by atoms with Gasteiger partial charge in [0.15, 0.2) is 0 Å². The number of amides is 1. The first kappa shape index (κ1) is 25.3. The van der Waals surface area contributed by atoms with Crippen LogP contribution in [0.15, 0.2) is 42.7 Å². The maximum atomic E-state index is 13.0. The van der Waals surface area contributed by atoms with E-state index in [4.69, 9.17) is 9.47 Å². The number of aliphatic hydroxyl groups is 1. The number of carbonyl (C=O) groups is 1. The molecular formula is C25H33N5O4. The number of benzene rings is 1. The number of methoxy groups -OCH3 is 2. The van der Waals surface area contributed by atoms with Crippen molar-refractivity contribution in [1.29, 1.82) is 0 Å². The molecule has 1 amide bonds. The Bertz CT molecular complexity index is 1110. The Morgan fingerprint density at radius 3 is 2.71 bits per heavy atom. The largest absolute Gasteiger partial charge is 0.496 e. The molecule has 0 aliphatic rings. The first-order valence-corrected chi connectivity index (χ1v) is 11.3. The molecule has 3 rings (SSSR count). The quantitative estimate of drug-likeness (QED) is 0.444. The molecule has 0 spiro atoms. The molecule has 34 heavy (non-hydrogen) atoms. The Hall–Kier alpha value is -3.30. The standard InChI is InChI=1S/C25H33N5O4/c1-17(9-8-13-25(2,3)32)28-23(31)19-15-27-30(21(19)16-33-4)24-26-14-12-20(29-24)18-10-6-7-11-22(18)34-5/h6-7,10-12,14-15,17,32H,8-9,13,16H2,1-5H3,(H,28,31)/t17-/m1/s1. The molecule has 182 valence electrons. The zero-order chi connectivity index (χ0) is 24.7. The first-order chi connectivity index (χ1) is 16.2. The highest BCUT2D eigenvalue weighted by atomic mass is 16.5. The third-order valence-electron chi connectivity index (χ3n) is 5.41. The molecule has 0 fully saturated rings. The molecule has 3 aromatic rings. The van der Waals surface area contributed by atoms with Gasteiger partial charge < -0.3 is 19.9 Å². The number of nitrogens with zero attached hydrogens (tertiary/aromatic N) is 4. The Morgan fingerprint density at radius 2 is 2.00 bits per heavy atom. The predicted octanol–water partition coefficient (Wildman–Crippen LogP) is 3.54. The van der Waals surface area contributed by atoms with Crippen molar-refractivity contribution >= 4 is 5.91 Å². The van der Waals surface area contributed by atoms with Crippen LogP contribution in [0, 0.1) is 0 Å². The van der Waals surface area contributed by atoms with E-state index in [1.807, 2.05) is 31.2 Å². The third-order valence-corrected chi connectivity index (χ3v) is 5.41. The average molecular weight is 468 g/mol. The molecular weight excluding hydrogens is 434 g/mol. The minimum atomic E-state index is -0.713. The van der Waals surface area contributed by atoms with Crippen molar-refractivity contribution in [2.24, 2.45) is 0 Å². The lowest BCUT2D eigenvalue weighted by Gasteiger charge is -2.19. The van der Waals surface area contributed by atoms with Gasteiger partial charge in [0.2, 0.25) is 0 Å². The molecule has 0 unspecified atom stereocenters. The third kappa shape index (κ3) is 6.39. The van der Waals surface area contributed by atoms with Crippen LogP contribution < -0.4 is 10.1 Å². The minimum Gasteiger partial charge on any atom is -0.496 e. The predicted molar refractivity (Wildman–Crippen MR) is 129 cm³/mol. The van der Waals surface area contributed by atoms with Crippen molar-refractivity contribution in [3.63, 3.8) is 0 Å². The van der Waals surface area contributed by atoms with Crippen LogP contribution in [0.2, 0.25) is 0 Å². The van der Waals surface area contributed by atoms with Gasteiger partial charge in [-0.25, -0.2) is 9.97 Å². The second kappa shape index (κ2) is 11.2. The van der Waals surface area contributed by atoms with E-state index in [0.29, 0.717) is 35.1 Å². The molecule has 0 saturated carbocycles. The Labute approximate surface area is 200 Å². The highest BCUT2D eigenvalue weighted by Crippen LogP contribution is 2.28. The van der Waals surface area contributed by atoms with Crippen molar-refractivity contribution in [2.75, 3.05) is 14.2 Å². The van der Waals surface area contributed by atoms with Gasteiger partial charge >= 0.3 is 0 Å². The van der Waals surface area contributed by atoms with Crippen molar-refractivity contribution in [3.05, 3.63) is 54.0 Å². The van der Waals surface area contributed by atoms with Crippen molar-refractivity contribution < 1.29 is 19.4 Å². The molecule has 9 nitrogen and oxygen atoms in total. The van der Waals surface area contributed by atoms with Gasteiger partial charge in [0.05, 0.1) is 42.5 Å². The van der Waals surface area contributed by atoms with E-state index in [9.17, 15) is 9.90 Å². The Balaban J connectivity index is 1.83. The summed E-state index contributed by atoms with van der Waals surface area (Å²) < 4.78 is 12.3. The van der Waals surface area contributed by atoms with E-state index in [2.05, 4.69) is 20.4 Å². The molecule has 0 radical (unpaired) electrons. The molecule has 0 saturated heterocycles. The molecule has 0 bridgehead atoms. The van der Waals surface area contributed by atoms with Gasteiger partial charge in [0.25, 0.3) is 11.9 Å². The zero-order valence-electron chi connectivity index (χ0n) is 20.4. The van der Waals surface area contributed by atoms with Gasteiger partial charge in [-0.15, -0.1) is 0 Å². The topological polar surface area (TPSA) is 111 Å². The molecule has 1 atom stereocenters. The van der Waals surface area contributed by atoms with Gasteiger partial charge in [-0.2, -0.15) is 9.78 Å². The van der Waals surface area contributed by atoms with Crippen molar-refractivity contribution in [1.82, 2.24) is 25.1 Å². The van der Waals surface area contributed by atoms with E-state index in [1.54, 1.807) is 40.3 Å². The van der Waals surface area contributed by atoms with Gasteiger partial charge in [0, 0.05) is 24.9 Å². The fourth-order valence-electron chi connectivity index (χ4n) is 3.68. The lowest BCUT2D eigenvalue weighted by atomic mass is 9.99. The fourth-order valence-corrected chi connectivity index (χ4v) is 3.68. The maximum Gasteiger partial charge on any atom is 0.255 e. The van der Waals surface area contributed by atoms with Gasteiger partial charge in [-0.3, -0.25) is 4.79 Å². The molecule has 9 heteroatoms. The average Bonchev–Trinajstić information content (AvgIpc) is 3.22. The number of ether oxygens (including phenoxy) is 2. The van der Waals surface area contributed by atoms with Crippen LogP contribution in [-0.4, -0.2) is 56.6 Å². The lowest BCUT2D eigenvalue weighted by molar-refractivity contribution is 0.0674. The van der Waals surface area contributed by atoms with Gasteiger partial charge in [-0.05, 0) is 58.2 Å². The van der Waals surface area contributed by atoms with Gasteiger partial charge in [-0.1, -0.05) is 12.1 Å². The Morgan fingerprint density at radius 1 is 1.24 bits per heavy atom. The zero-order valence-corrected chi connectivity index (χ0v) is 20.4. The van der Waals surface area contributed by atoms with E-state index in [0.717, 1.165) is 18.4 Å². The van der Waals surface area contributed by atoms with Crippen LogP contribution in [0.1, 0.15) is 56.1 Å². The normalized spacial score (nSPS) is 12.4. The summed E-state index contributed by atoms with van der Waals surface area (Å²) in [4.78, 5) is 22.0. The Kier molecular flexibility index (Phi) is 8.36. The molecule has 0 aliphatic carbocycles. The van der Waals surface area contributed by atoms with E-state index < -0.39 is 5.60 Å². The summed E-state index contributed by atoms with van der Waals surface area (Å²) in [6.45, 7) is 5.68. The fraction of sp³-hybridized carbons (Fsp3) is 0.440. The molecule has 2 N–H and O–H groups in total. The molecule has 0 aliphatic heterocycles. The second-order valence-corrected chi connectivity index (χ2v) is 8.87. The van der Waals surface area contributed by atoms with E-state index in [-0.39, 0.29) is 18.6 Å². The summed E-state index contributed by atoms with van der Waals surface area (Å²) in [5.74, 6) is 0.783. The van der Waals surface area contributed by atoms with Gasteiger partial charge in [0.1, 0.15) is 5.75 Å². The molecule has 2 heterocycles. The number of hydrogen-bond acceptors (Lipinski definition) is 7. The number of aromatic nitrogens is 4. The van der Waals surface area contributed by atoms with Crippen LogP contribution in [0.25, 0.3) is 17.2 Å². The number of hydrogen-bond donors (Lipinski definition) is 2. The van der Waals surface area contributed by atoms with E-state index >= 15 is 0 Å². The van der Waals surface area contributed by atoms with Crippen LogP contribution in [0.3, 0.4) is 0 Å². The van der Waals surface area contributed by atoms with Crippen LogP contribution in [-0.2, 0) is 11.3 Å². The SMILES string of the molecule is COCc1c(C(=O)N[C@H](C)CCCC(C)(C)O)cnn1-c1nccc(-c2ccccc2OC)n1. The van der Waals surface area contributed by atoms with Crippen molar-refractivity contribution in [3.8, 4) is 23.0 Å². The molecule has 2 aromatic heterocycles.